The largest absolute Gasteiger partial charge is 0.491 e. The van der Waals surface area contributed by atoms with Crippen molar-refractivity contribution in [1.82, 2.24) is 5.43 Å². The minimum atomic E-state index is -0.366. The highest BCUT2D eigenvalue weighted by Crippen LogP contribution is 2.43. The second kappa shape index (κ2) is 6.24. The van der Waals surface area contributed by atoms with Crippen LogP contribution in [0.25, 0.3) is 0 Å². The molecular weight excluding hydrogens is 331 g/mol. The van der Waals surface area contributed by atoms with Crippen LogP contribution >= 0.6 is 0 Å². The quantitative estimate of drug-likeness (QED) is 0.843. The first-order valence-corrected chi connectivity index (χ1v) is 9.00. The van der Waals surface area contributed by atoms with Crippen LogP contribution < -0.4 is 19.8 Å². The van der Waals surface area contributed by atoms with Crippen molar-refractivity contribution < 1.29 is 14.3 Å². The predicted octanol–water partition coefficient (Wildman–Crippen LogP) is 2.16. The van der Waals surface area contributed by atoms with Gasteiger partial charge in [-0.1, -0.05) is 13.8 Å². The fourth-order valence-corrected chi connectivity index (χ4v) is 3.57. The number of fused-ring (bicyclic) bond motifs is 3. The first kappa shape index (κ1) is 16.8. The van der Waals surface area contributed by atoms with E-state index in [1.165, 1.54) is 0 Å². The van der Waals surface area contributed by atoms with Crippen molar-refractivity contribution in [2.24, 2.45) is 5.10 Å². The van der Waals surface area contributed by atoms with Crippen LogP contribution in [0.4, 0.5) is 5.69 Å². The summed E-state index contributed by atoms with van der Waals surface area (Å²) in [4.78, 5) is 14.0. The van der Waals surface area contributed by atoms with Crippen molar-refractivity contribution in [2.45, 2.75) is 51.5 Å². The number of carbonyl (C=O) groups excluding carboxylic acids is 1. The summed E-state index contributed by atoms with van der Waals surface area (Å²) in [6.07, 6.45) is 1.59. The monoisotopic (exact) mass is 352 g/mol. The normalized spacial score (nSPS) is 21.7. The summed E-state index contributed by atoms with van der Waals surface area (Å²) in [7, 11) is 0. The third kappa shape index (κ3) is 2.68. The molecule has 7 nitrogen and oxygen atoms in total. The van der Waals surface area contributed by atoms with Crippen LogP contribution in [0.5, 0.6) is 11.5 Å². The zero-order valence-electron chi connectivity index (χ0n) is 15.2. The molecule has 1 aromatic carbocycles. The van der Waals surface area contributed by atoms with E-state index in [9.17, 15) is 4.79 Å². The van der Waals surface area contributed by atoms with Crippen molar-refractivity contribution in [3.05, 3.63) is 17.7 Å². The number of hydrogen-bond donors (Lipinski definition) is 1. The Morgan fingerprint density at radius 2 is 2.23 bits per heavy atom. The number of amides is 1. The van der Waals surface area contributed by atoms with Gasteiger partial charge in [0.15, 0.2) is 5.84 Å². The minimum absolute atomic E-state index is 0.0647. The maximum Gasteiger partial charge on any atom is 0.275 e. The summed E-state index contributed by atoms with van der Waals surface area (Å²) in [6, 6.07) is 3.59. The van der Waals surface area contributed by atoms with E-state index in [0.29, 0.717) is 12.4 Å². The molecule has 134 valence electrons. The topological polar surface area (TPSA) is 87.0 Å². The number of hydrogen-bond acceptors (Lipinski definition) is 6. The van der Waals surface area contributed by atoms with Crippen molar-refractivity contribution >= 4 is 24.1 Å². The number of nitriles is 1. The van der Waals surface area contributed by atoms with Crippen molar-refractivity contribution in [1.29, 1.82) is 5.26 Å². The summed E-state index contributed by atoms with van der Waals surface area (Å²) >= 11 is 0. The summed E-state index contributed by atoms with van der Waals surface area (Å²) in [5.74, 6) is 4.62. The van der Waals surface area contributed by atoms with E-state index in [1.807, 2.05) is 24.0 Å². The average Bonchev–Trinajstić information content (AvgIpc) is 2.59. The van der Waals surface area contributed by atoms with Crippen LogP contribution in [0.2, 0.25) is 12.6 Å². The number of carbonyl (C=O) groups is 1. The van der Waals surface area contributed by atoms with Crippen LogP contribution in [0.15, 0.2) is 17.2 Å². The molecule has 1 fully saturated rings. The first-order chi connectivity index (χ1) is 12.5. The molecule has 0 aliphatic carbocycles. The lowest BCUT2D eigenvalue weighted by Crippen LogP contribution is -2.55. The number of ether oxygens (including phenoxy) is 2. The fourth-order valence-electron chi connectivity index (χ4n) is 3.57. The number of rotatable bonds is 3. The molecule has 8 heteroatoms. The highest BCUT2D eigenvalue weighted by Gasteiger charge is 2.38. The lowest BCUT2D eigenvalue weighted by molar-refractivity contribution is -0.122. The highest BCUT2D eigenvalue weighted by molar-refractivity contribution is 6.70. The number of amidine groups is 1. The second-order valence-electron chi connectivity index (χ2n) is 7.39. The average molecular weight is 352 g/mol. The standard InChI is InChI=1S/C18H21BN4O3/c1-10(2)13-4-16-14(5-15(13)26-12-6-19(7-12)9-20)23-11(3)18(24)22-21-17(23)8-25-16/h4-5,10-12H,6-8H2,1-3H3,(H,22,24). The van der Waals surface area contributed by atoms with Gasteiger partial charge in [0, 0.05) is 17.6 Å². The SMILES string of the molecule is CC(C)c1cc2c(cc1OC1CB(C#N)C1)N1C(=NNC(=O)C1C)CO2. The zero-order valence-corrected chi connectivity index (χ0v) is 15.2. The maximum atomic E-state index is 12.1. The molecular formula is C18H21BN4O3. The summed E-state index contributed by atoms with van der Waals surface area (Å²) < 4.78 is 12.1. The van der Waals surface area contributed by atoms with Gasteiger partial charge in [-0.15, -0.1) is 0 Å². The highest BCUT2D eigenvalue weighted by atomic mass is 16.5. The lowest BCUT2D eigenvalue weighted by Gasteiger charge is -2.39. The zero-order chi connectivity index (χ0) is 18.4. The Kier molecular flexibility index (Phi) is 4.02. The van der Waals surface area contributed by atoms with Gasteiger partial charge in [0.25, 0.3) is 12.6 Å². The van der Waals surface area contributed by atoms with Crippen molar-refractivity contribution in [2.75, 3.05) is 11.5 Å². The molecule has 0 bridgehead atoms. The Labute approximate surface area is 153 Å². The van der Waals surface area contributed by atoms with Gasteiger partial charge < -0.3 is 14.4 Å². The molecule has 0 radical (unpaired) electrons. The molecule has 1 N–H and O–H groups in total. The van der Waals surface area contributed by atoms with Gasteiger partial charge in [-0.05, 0) is 31.5 Å². The maximum absolute atomic E-state index is 12.1. The Morgan fingerprint density at radius 3 is 2.92 bits per heavy atom. The van der Waals surface area contributed by atoms with Gasteiger partial charge in [0.2, 0.25) is 0 Å². The van der Waals surface area contributed by atoms with E-state index in [0.717, 1.165) is 35.4 Å². The molecule has 4 rings (SSSR count). The predicted molar refractivity (Wildman–Crippen MR) is 98.9 cm³/mol. The van der Waals surface area contributed by atoms with Crippen LogP contribution in [0, 0.1) is 11.2 Å². The molecule has 3 heterocycles. The molecule has 26 heavy (non-hydrogen) atoms. The second-order valence-corrected chi connectivity index (χ2v) is 7.39. The third-order valence-electron chi connectivity index (χ3n) is 5.24. The van der Waals surface area contributed by atoms with Crippen LogP contribution in [0.3, 0.4) is 0 Å². The Bertz CT molecular complexity index is 826. The Balaban J connectivity index is 1.71. The minimum Gasteiger partial charge on any atom is -0.491 e. The lowest BCUT2D eigenvalue weighted by atomic mass is 9.35. The molecule has 1 aromatic rings. The molecule has 1 amide bonds. The number of nitrogens with zero attached hydrogens (tertiary/aromatic N) is 3. The molecule has 1 unspecified atom stereocenters. The number of hydrazone groups is 1. The van der Waals surface area contributed by atoms with E-state index in [1.54, 1.807) is 0 Å². The van der Waals surface area contributed by atoms with E-state index in [2.05, 4.69) is 30.3 Å². The van der Waals surface area contributed by atoms with E-state index in [-0.39, 0.29) is 30.7 Å². The molecule has 0 saturated carbocycles. The van der Waals surface area contributed by atoms with Crippen LogP contribution in [0.1, 0.15) is 32.3 Å². The summed E-state index contributed by atoms with van der Waals surface area (Å²) in [6.45, 7) is 6.48. The first-order valence-electron chi connectivity index (χ1n) is 9.00. The van der Waals surface area contributed by atoms with Gasteiger partial charge in [-0.2, -0.15) is 5.10 Å². The molecule has 1 atom stereocenters. The van der Waals surface area contributed by atoms with Crippen molar-refractivity contribution in [3.8, 4) is 17.5 Å². The Hall–Kier alpha value is -2.69. The smallest absolute Gasteiger partial charge is 0.275 e. The number of anilines is 1. The number of nitrogens with one attached hydrogen (secondary N) is 1. The van der Waals surface area contributed by atoms with E-state index in [4.69, 9.17) is 14.7 Å². The van der Waals surface area contributed by atoms with Gasteiger partial charge in [0.05, 0.1) is 11.8 Å². The summed E-state index contributed by atoms with van der Waals surface area (Å²) in [5.41, 5.74) is 4.40. The summed E-state index contributed by atoms with van der Waals surface area (Å²) in [5, 5.41) is 13.1. The molecule has 0 spiro atoms. The number of benzene rings is 1. The van der Waals surface area contributed by atoms with Gasteiger partial charge in [-0.3, -0.25) is 4.79 Å². The van der Waals surface area contributed by atoms with Crippen LogP contribution in [-0.2, 0) is 4.79 Å². The molecule has 3 aliphatic rings. The Morgan fingerprint density at radius 1 is 1.46 bits per heavy atom. The van der Waals surface area contributed by atoms with Crippen LogP contribution in [-0.4, -0.2) is 37.2 Å². The fraction of sp³-hybridized carbons (Fsp3) is 0.500. The molecule has 1 saturated heterocycles. The van der Waals surface area contributed by atoms with Gasteiger partial charge in [-0.25, -0.2) is 10.7 Å². The molecule has 3 aliphatic heterocycles. The third-order valence-corrected chi connectivity index (χ3v) is 5.24. The molecule has 0 aromatic heterocycles. The van der Waals surface area contributed by atoms with E-state index >= 15 is 0 Å². The van der Waals surface area contributed by atoms with E-state index < -0.39 is 0 Å². The van der Waals surface area contributed by atoms with Gasteiger partial charge in [0.1, 0.15) is 24.1 Å². The van der Waals surface area contributed by atoms with Crippen molar-refractivity contribution in [3.63, 3.8) is 0 Å². The van der Waals surface area contributed by atoms with Gasteiger partial charge >= 0.3 is 0 Å².